The van der Waals surface area contributed by atoms with Crippen LogP contribution in [0.4, 0.5) is 0 Å². The molecule has 0 bridgehead atoms. The second-order valence-electron chi connectivity index (χ2n) is 7.31. The highest BCUT2D eigenvalue weighted by Crippen LogP contribution is 2.29. The first-order chi connectivity index (χ1) is 14.1. The van der Waals surface area contributed by atoms with E-state index in [9.17, 15) is 9.59 Å². The Balaban J connectivity index is 1.50. The molecule has 2 N–H and O–H groups in total. The van der Waals surface area contributed by atoms with Crippen molar-refractivity contribution in [2.75, 3.05) is 19.6 Å². The monoisotopic (exact) mass is 410 g/mol. The van der Waals surface area contributed by atoms with Gasteiger partial charge in [0.25, 0.3) is 5.56 Å². The molecule has 0 unspecified atom stereocenters. The molecule has 0 aliphatic carbocycles. The average molecular weight is 411 g/mol. The molecule has 1 amide bonds. The zero-order valence-corrected chi connectivity index (χ0v) is 16.8. The van der Waals surface area contributed by atoms with Gasteiger partial charge in [0.15, 0.2) is 0 Å². The van der Waals surface area contributed by atoms with Crippen molar-refractivity contribution in [3.05, 3.63) is 75.2 Å². The number of carbonyl (C=O) groups is 1. The Kier molecular flexibility index (Phi) is 5.92. The number of aromatic nitrogens is 2. The molecule has 4 rings (SSSR count). The van der Waals surface area contributed by atoms with Gasteiger partial charge in [0, 0.05) is 17.0 Å². The summed E-state index contributed by atoms with van der Waals surface area (Å²) in [4.78, 5) is 27.0. The minimum absolute atomic E-state index is 0.0374. The van der Waals surface area contributed by atoms with Gasteiger partial charge in [0.05, 0.1) is 23.5 Å². The topological polar surface area (TPSA) is 78.1 Å². The summed E-state index contributed by atoms with van der Waals surface area (Å²) in [6.45, 7) is 2.47. The number of nitrogens with one attached hydrogen (secondary N) is 2. The second kappa shape index (κ2) is 8.76. The van der Waals surface area contributed by atoms with Gasteiger partial charge in [-0.1, -0.05) is 48.0 Å². The number of carbonyl (C=O) groups excluding carboxylic acids is 1. The maximum absolute atomic E-state index is 12.7. The van der Waals surface area contributed by atoms with Crippen molar-refractivity contribution >= 4 is 28.3 Å². The van der Waals surface area contributed by atoms with E-state index < -0.39 is 0 Å². The number of fused-ring (bicyclic) bond motifs is 1. The van der Waals surface area contributed by atoms with E-state index in [4.69, 9.17) is 11.6 Å². The summed E-state index contributed by atoms with van der Waals surface area (Å²) in [6.07, 6.45) is 2.41. The number of hydrogen-bond acceptors (Lipinski definition) is 4. The lowest BCUT2D eigenvalue weighted by atomic mass is 10.0. The van der Waals surface area contributed by atoms with Crippen LogP contribution >= 0.6 is 11.6 Å². The summed E-state index contributed by atoms with van der Waals surface area (Å²) in [6, 6.07) is 15.0. The molecule has 2 heterocycles. The van der Waals surface area contributed by atoms with Gasteiger partial charge in [-0.2, -0.15) is 5.10 Å². The first-order valence-corrected chi connectivity index (χ1v) is 10.2. The largest absolute Gasteiger partial charge is 0.354 e. The van der Waals surface area contributed by atoms with Crippen molar-refractivity contribution in [1.29, 1.82) is 0 Å². The van der Waals surface area contributed by atoms with Crippen LogP contribution in [0.25, 0.3) is 10.8 Å². The van der Waals surface area contributed by atoms with E-state index >= 15 is 0 Å². The number of benzene rings is 2. The highest BCUT2D eigenvalue weighted by Gasteiger charge is 2.25. The molecule has 1 aliphatic heterocycles. The fraction of sp³-hybridized carbons (Fsp3) is 0.318. The van der Waals surface area contributed by atoms with Crippen LogP contribution in [0.2, 0.25) is 5.02 Å². The fourth-order valence-corrected chi connectivity index (χ4v) is 4.23. The minimum atomic E-state index is -0.252. The number of halogens is 1. The van der Waals surface area contributed by atoms with Crippen LogP contribution < -0.4 is 10.9 Å². The molecule has 7 heteroatoms. The van der Waals surface area contributed by atoms with Gasteiger partial charge in [-0.25, -0.2) is 5.10 Å². The average Bonchev–Trinajstić information content (AvgIpc) is 3.26. The van der Waals surface area contributed by atoms with Gasteiger partial charge in [0.1, 0.15) is 0 Å². The van der Waals surface area contributed by atoms with Crippen LogP contribution in [0.5, 0.6) is 0 Å². The molecule has 1 atom stereocenters. The normalized spacial score (nSPS) is 15.5. The van der Waals surface area contributed by atoms with Gasteiger partial charge in [-0.05, 0) is 43.6 Å². The van der Waals surface area contributed by atoms with E-state index in [0.717, 1.165) is 31.5 Å². The number of amides is 1. The third-order valence-corrected chi connectivity index (χ3v) is 5.79. The molecule has 6 nitrogen and oxygen atoms in total. The summed E-state index contributed by atoms with van der Waals surface area (Å²) >= 11 is 6.44. The van der Waals surface area contributed by atoms with Gasteiger partial charge in [-0.15, -0.1) is 0 Å². The van der Waals surface area contributed by atoms with Crippen LogP contribution in [0.3, 0.4) is 0 Å². The Bertz CT molecular complexity index is 1080. The maximum Gasteiger partial charge on any atom is 0.272 e. The zero-order chi connectivity index (χ0) is 20.2. The quantitative estimate of drug-likeness (QED) is 0.654. The molecule has 3 aromatic rings. The highest BCUT2D eigenvalue weighted by atomic mass is 35.5. The molecule has 2 aromatic carbocycles. The molecule has 0 spiro atoms. The van der Waals surface area contributed by atoms with Gasteiger partial charge >= 0.3 is 0 Å². The first kappa shape index (κ1) is 19.6. The third kappa shape index (κ3) is 4.33. The van der Waals surface area contributed by atoms with Crippen LogP contribution in [0.1, 0.15) is 30.1 Å². The Labute approximate surface area is 173 Å². The molecule has 1 aliphatic rings. The molecular formula is C22H23ClN4O2. The Morgan fingerprint density at radius 3 is 2.55 bits per heavy atom. The Morgan fingerprint density at radius 2 is 1.79 bits per heavy atom. The predicted octanol–water partition coefficient (Wildman–Crippen LogP) is 3.07. The number of H-pyrrole nitrogens is 1. The van der Waals surface area contributed by atoms with Crippen molar-refractivity contribution in [3.8, 4) is 0 Å². The van der Waals surface area contributed by atoms with Crippen molar-refractivity contribution in [3.63, 3.8) is 0 Å². The standard InChI is InChI=1S/C22H23ClN4O2/c23-18-10-4-3-9-17(18)20(27-11-5-6-12-27)14-24-21(28)13-19-15-7-1-2-8-16(15)22(29)26-25-19/h1-4,7-10,20H,5-6,11-14H2,(H,24,28)(H,26,29)/t20-/m0/s1. The molecule has 0 radical (unpaired) electrons. The molecule has 1 fully saturated rings. The number of likely N-dealkylation sites (tertiary alicyclic amines) is 1. The lowest BCUT2D eigenvalue weighted by Gasteiger charge is -2.29. The summed E-state index contributed by atoms with van der Waals surface area (Å²) in [5.41, 5.74) is 1.34. The van der Waals surface area contributed by atoms with E-state index in [0.29, 0.717) is 28.0 Å². The highest BCUT2D eigenvalue weighted by molar-refractivity contribution is 6.31. The summed E-state index contributed by atoms with van der Waals surface area (Å²) in [5, 5.41) is 11.6. The number of hydrogen-bond donors (Lipinski definition) is 2. The zero-order valence-electron chi connectivity index (χ0n) is 16.0. The van der Waals surface area contributed by atoms with Gasteiger partial charge in [-0.3, -0.25) is 14.5 Å². The molecule has 1 aromatic heterocycles. The molecule has 150 valence electrons. The van der Waals surface area contributed by atoms with E-state index in [1.54, 1.807) is 12.1 Å². The maximum atomic E-state index is 12.7. The Morgan fingerprint density at radius 1 is 1.10 bits per heavy atom. The van der Waals surface area contributed by atoms with E-state index in [-0.39, 0.29) is 23.9 Å². The van der Waals surface area contributed by atoms with Gasteiger partial charge in [0.2, 0.25) is 5.91 Å². The molecule has 0 saturated carbocycles. The van der Waals surface area contributed by atoms with Crippen molar-refractivity contribution < 1.29 is 4.79 Å². The van der Waals surface area contributed by atoms with Crippen molar-refractivity contribution in [2.45, 2.75) is 25.3 Å². The number of nitrogens with zero attached hydrogens (tertiary/aromatic N) is 2. The van der Waals surface area contributed by atoms with Crippen LogP contribution in [-0.2, 0) is 11.2 Å². The predicted molar refractivity (Wildman–Crippen MR) is 114 cm³/mol. The minimum Gasteiger partial charge on any atom is -0.354 e. The second-order valence-corrected chi connectivity index (χ2v) is 7.71. The molecule has 1 saturated heterocycles. The summed E-state index contributed by atoms with van der Waals surface area (Å²) in [7, 11) is 0. The van der Waals surface area contributed by atoms with Gasteiger partial charge < -0.3 is 5.32 Å². The Hall–Kier alpha value is -2.70. The first-order valence-electron chi connectivity index (χ1n) is 9.85. The summed E-state index contributed by atoms with van der Waals surface area (Å²) < 4.78 is 0. The van der Waals surface area contributed by atoms with Crippen LogP contribution in [0, 0.1) is 0 Å². The van der Waals surface area contributed by atoms with Crippen molar-refractivity contribution in [2.24, 2.45) is 0 Å². The number of aromatic amines is 1. The molecular weight excluding hydrogens is 388 g/mol. The fourth-order valence-electron chi connectivity index (χ4n) is 3.97. The lowest BCUT2D eigenvalue weighted by Crippen LogP contribution is -2.37. The smallest absolute Gasteiger partial charge is 0.272 e. The summed E-state index contributed by atoms with van der Waals surface area (Å²) in [5.74, 6) is -0.133. The molecule has 29 heavy (non-hydrogen) atoms. The van der Waals surface area contributed by atoms with E-state index in [2.05, 4.69) is 20.4 Å². The van der Waals surface area contributed by atoms with Crippen molar-refractivity contribution in [1.82, 2.24) is 20.4 Å². The lowest BCUT2D eigenvalue weighted by molar-refractivity contribution is -0.120. The third-order valence-electron chi connectivity index (χ3n) is 5.44. The SMILES string of the molecule is O=C(Cc1n[nH]c(=O)c2ccccc12)NC[C@@H](c1ccccc1Cl)N1CCCC1. The van der Waals surface area contributed by atoms with E-state index in [1.807, 2.05) is 36.4 Å². The van der Waals surface area contributed by atoms with Crippen LogP contribution in [-0.4, -0.2) is 40.6 Å². The van der Waals surface area contributed by atoms with Crippen LogP contribution in [0.15, 0.2) is 53.3 Å². The number of rotatable bonds is 6. The van der Waals surface area contributed by atoms with E-state index in [1.165, 1.54) is 0 Å².